The van der Waals surface area contributed by atoms with Crippen LogP contribution in [0.25, 0.3) is 0 Å². The minimum Gasteiger partial charge on any atom is -0.494 e. The molecule has 2 aromatic carbocycles. The predicted octanol–water partition coefficient (Wildman–Crippen LogP) is 3.87. The predicted molar refractivity (Wildman–Crippen MR) is 92.7 cm³/mol. The minimum atomic E-state index is -0.665. The Balaban J connectivity index is 1.85. The summed E-state index contributed by atoms with van der Waals surface area (Å²) >= 11 is 11.7. The lowest BCUT2D eigenvalue weighted by atomic mass is 10.1. The molecular weight excluding hydrogens is 372 g/mol. The molecule has 0 aliphatic carbocycles. The molecular formula is C17H14Cl2FNO4. The van der Waals surface area contributed by atoms with Gasteiger partial charge in [-0.05, 0) is 35.9 Å². The molecule has 5 nitrogen and oxygen atoms in total. The van der Waals surface area contributed by atoms with Gasteiger partial charge in [-0.1, -0.05) is 29.3 Å². The second-order valence-corrected chi connectivity index (χ2v) is 5.82. The van der Waals surface area contributed by atoms with Crippen LogP contribution in [0, 0.1) is 5.82 Å². The fourth-order valence-corrected chi connectivity index (χ4v) is 2.42. The Morgan fingerprint density at radius 1 is 1.16 bits per heavy atom. The Bertz CT molecular complexity index is 798. The average Bonchev–Trinajstić information content (AvgIpc) is 2.56. The number of ether oxygens (including phenoxy) is 2. The highest BCUT2D eigenvalue weighted by Gasteiger charge is 2.12. The quantitative estimate of drug-likeness (QED) is 0.766. The second-order valence-electron chi connectivity index (χ2n) is 4.98. The van der Waals surface area contributed by atoms with Crippen LogP contribution < -0.4 is 10.1 Å². The summed E-state index contributed by atoms with van der Waals surface area (Å²) in [6, 6.07) is 8.69. The molecule has 0 saturated carbocycles. The molecule has 1 N–H and O–H groups in total. The van der Waals surface area contributed by atoms with Crippen LogP contribution in [0.5, 0.6) is 5.75 Å². The maximum atomic E-state index is 13.6. The number of nitrogens with one attached hydrogen (secondary N) is 1. The summed E-state index contributed by atoms with van der Waals surface area (Å²) in [6.45, 7) is -0.490. The third-order valence-corrected chi connectivity index (χ3v) is 3.68. The summed E-state index contributed by atoms with van der Waals surface area (Å²) in [7, 11) is 1.35. The van der Waals surface area contributed by atoms with Gasteiger partial charge in [0.1, 0.15) is 0 Å². The number of esters is 1. The van der Waals surface area contributed by atoms with Crippen LogP contribution in [-0.2, 0) is 20.7 Å². The molecule has 1 amide bonds. The van der Waals surface area contributed by atoms with E-state index in [1.165, 1.54) is 37.4 Å². The van der Waals surface area contributed by atoms with Crippen molar-refractivity contribution in [1.29, 1.82) is 0 Å². The third kappa shape index (κ3) is 5.62. The first kappa shape index (κ1) is 19.0. The zero-order valence-electron chi connectivity index (χ0n) is 13.1. The van der Waals surface area contributed by atoms with Crippen LogP contribution in [-0.4, -0.2) is 25.6 Å². The largest absolute Gasteiger partial charge is 0.494 e. The monoisotopic (exact) mass is 385 g/mol. The summed E-state index contributed by atoms with van der Waals surface area (Å²) in [5.74, 6) is -1.72. The highest BCUT2D eigenvalue weighted by molar-refractivity contribution is 6.36. The van der Waals surface area contributed by atoms with Gasteiger partial charge in [-0.3, -0.25) is 9.59 Å². The van der Waals surface area contributed by atoms with Gasteiger partial charge in [-0.25, -0.2) is 4.39 Å². The van der Waals surface area contributed by atoms with Gasteiger partial charge >= 0.3 is 5.97 Å². The number of hydrogen-bond acceptors (Lipinski definition) is 4. The molecule has 8 heteroatoms. The van der Waals surface area contributed by atoms with Crippen molar-refractivity contribution in [3.63, 3.8) is 0 Å². The molecule has 0 aliphatic rings. The van der Waals surface area contributed by atoms with Gasteiger partial charge in [0.25, 0.3) is 5.91 Å². The van der Waals surface area contributed by atoms with Gasteiger partial charge in [0.2, 0.25) is 0 Å². The number of carbonyl (C=O) groups is 2. The van der Waals surface area contributed by atoms with Gasteiger partial charge in [-0.15, -0.1) is 0 Å². The molecule has 0 heterocycles. The molecule has 0 bridgehead atoms. The topological polar surface area (TPSA) is 64.6 Å². The summed E-state index contributed by atoms with van der Waals surface area (Å²) in [5.41, 5.74) is 0.758. The van der Waals surface area contributed by atoms with Crippen LogP contribution in [0.1, 0.15) is 5.56 Å². The van der Waals surface area contributed by atoms with Crippen molar-refractivity contribution in [1.82, 2.24) is 0 Å². The van der Waals surface area contributed by atoms with Crippen molar-refractivity contribution < 1.29 is 23.5 Å². The van der Waals surface area contributed by atoms with Crippen LogP contribution in [0.15, 0.2) is 36.4 Å². The van der Waals surface area contributed by atoms with Gasteiger partial charge in [0.05, 0.1) is 24.2 Å². The molecule has 0 aliphatic heterocycles. The Morgan fingerprint density at radius 3 is 2.56 bits per heavy atom. The lowest BCUT2D eigenvalue weighted by Crippen LogP contribution is -2.21. The summed E-state index contributed by atoms with van der Waals surface area (Å²) in [4.78, 5) is 23.5. The zero-order valence-corrected chi connectivity index (χ0v) is 14.7. The first-order chi connectivity index (χ1) is 11.9. The number of methoxy groups -OCH3 is 1. The van der Waals surface area contributed by atoms with E-state index in [0.29, 0.717) is 16.3 Å². The molecule has 2 aromatic rings. The van der Waals surface area contributed by atoms with E-state index in [1.807, 2.05) is 0 Å². The smallest absolute Gasteiger partial charge is 0.310 e. The lowest BCUT2D eigenvalue weighted by Gasteiger charge is -2.09. The van der Waals surface area contributed by atoms with Crippen LogP contribution in [0.3, 0.4) is 0 Å². The lowest BCUT2D eigenvalue weighted by molar-refractivity contribution is -0.146. The first-order valence-corrected chi connectivity index (χ1v) is 7.87. The normalized spacial score (nSPS) is 10.2. The number of rotatable bonds is 6. The number of halogens is 3. The summed E-state index contributed by atoms with van der Waals surface area (Å²) in [5, 5.41) is 3.19. The third-order valence-electron chi connectivity index (χ3n) is 3.13. The Kier molecular flexibility index (Phi) is 6.61. The van der Waals surface area contributed by atoms with E-state index in [0.717, 1.165) is 0 Å². The maximum absolute atomic E-state index is 13.6. The number of carbonyl (C=O) groups excluding carboxylic acids is 2. The van der Waals surface area contributed by atoms with Gasteiger partial charge in [0.15, 0.2) is 18.2 Å². The fraction of sp³-hybridized carbons (Fsp3) is 0.176. The zero-order chi connectivity index (χ0) is 18.4. The number of amides is 1. The molecule has 0 fully saturated rings. The molecule has 0 spiro atoms. The van der Waals surface area contributed by atoms with E-state index in [-0.39, 0.29) is 17.2 Å². The van der Waals surface area contributed by atoms with Crippen molar-refractivity contribution in [3.8, 4) is 5.75 Å². The van der Waals surface area contributed by atoms with Gasteiger partial charge in [0, 0.05) is 5.02 Å². The van der Waals surface area contributed by atoms with E-state index in [2.05, 4.69) is 5.32 Å². The van der Waals surface area contributed by atoms with Crippen molar-refractivity contribution in [2.45, 2.75) is 6.42 Å². The molecule has 25 heavy (non-hydrogen) atoms. The molecule has 2 rings (SSSR count). The first-order valence-electron chi connectivity index (χ1n) is 7.12. The van der Waals surface area contributed by atoms with E-state index < -0.39 is 24.3 Å². The molecule has 0 saturated heterocycles. The molecule has 0 radical (unpaired) electrons. The van der Waals surface area contributed by atoms with Gasteiger partial charge < -0.3 is 14.8 Å². The molecule has 132 valence electrons. The molecule has 0 unspecified atom stereocenters. The van der Waals surface area contributed by atoms with E-state index in [1.54, 1.807) is 6.07 Å². The second kappa shape index (κ2) is 8.69. The fourth-order valence-electron chi connectivity index (χ4n) is 1.96. The van der Waals surface area contributed by atoms with Crippen molar-refractivity contribution >= 4 is 40.8 Å². The van der Waals surface area contributed by atoms with E-state index >= 15 is 0 Å². The van der Waals surface area contributed by atoms with E-state index in [4.69, 9.17) is 32.7 Å². The van der Waals surface area contributed by atoms with Crippen LogP contribution >= 0.6 is 23.2 Å². The minimum absolute atomic E-state index is 0.0799. The summed E-state index contributed by atoms with van der Waals surface area (Å²) in [6.07, 6.45) is -0.171. The average molecular weight is 386 g/mol. The van der Waals surface area contributed by atoms with Crippen LogP contribution in [0.4, 0.5) is 10.1 Å². The van der Waals surface area contributed by atoms with Gasteiger partial charge in [-0.2, -0.15) is 0 Å². The van der Waals surface area contributed by atoms with Crippen LogP contribution in [0.2, 0.25) is 10.0 Å². The van der Waals surface area contributed by atoms with E-state index in [9.17, 15) is 14.0 Å². The number of anilines is 1. The Morgan fingerprint density at radius 2 is 1.92 bits per heavy atom. The maximum Gasteiger partial charge on any atom is 0.310 e. The highest BCUT2D eigenvalue weighted by Crippen LogP contribution is 2.25. The highest BCUT2D eigenvalue weighted by atomic mass is 35.5. The Labute approximate surface area is 153 Å². The van der Waals surface area contributed by atoms with Crippen molar-refractivity contribution in [3.05, 3.63) is 57.8 Å². The SMILES string of the molecule is COc1ccc(CC(=O)OCC(=O)Nc2ccc(Cl)cc2Cl)cc1F. The molecule has 0 aromatic heterocycles. The number of hydrogen-bond donors (Lipinski definition) is 1. The van der Waals surface area contributed by atoms with Crippen molar-refractivity contribution in [2.75, 3.05) is 19.0 Å². The Hall–Kier alpha value is -2.31. The summed E-state index contributed by atoms with van der Waals surface area (Å²) < 4.78 is 23.2. The molecule has 0 atom stereocenters. The standard InChI is InChI=1S/C17H14Cl2FNO4/c1-24-15-5-2-10(6-13(15)20)7-17(23)25-9-16(22)21-14-4-3-11(18)8-12(14)19/h2-6,8H,7,9H2,1H3,(H,21,22). The van der Waals surface area contributed by atoms with Crippen molar-refractivity contribution in [2.24, 2.45) is 0 Å². The number of benzene rings is 2.